The van der Waals surface area contributed by atoms with E-state index in [0.717, 1.165) is 28.9 Å². The van der Waals surface area contributed by atoms with Gasteiger partial charge in [0, 0.05) is 48.1 Å². The third-order valence-electron chi connectivity index (χ3n) is 4.81. The van der Waals surface area contributed by atoms with Crippen LogP contribution < -0.4 is 14.5 Å². The lowest BCUT2D eigenvalue weighted by Crippen LogP contribution is -2.19. The van der Waals surface area contributed by atoms with Crippen LogP contribution in [0, 0.1) is 0 Å². The first kappa shape index (κ1) is 20.9. The Bertz CT molecular complexity index is 770. The molecule has 4 rings (SSSR count). The third kappa shape index (κ3) is 5.85. The van der Waals surface area contributed by atoms with Crippen molar-refractivity contribution in [2.24, 2.45) is 0 Å². The van der Waals surface area contributed by atoms with Gasteiger partial charge in [0.1, 0.15) is 18.1 Å². The smallest absolute Gasteiger partial charge is 0.537 e. The molecular formula is C20H23BBrF2N2O2. The molecule has 2 fully saturated rings. The molecule has 28 heavy (non-hydrogen) atoms. The molecule has 0 bridgehead atoms. The summed E-state index contributed by atoms with van der Waals surface area (Å²) in [5.74, 6) is 0.553. The Morgan fingerprint density at radius 3 is 2.00 bits per heavy atom. The number of nitrogens with zero attached hydrogens (tertiary/aromatic N) is 2. The van der Waals surface area contributed by atoms with Crippen molar-refractivity contribution >= 4 is 35.0 Å². The number of alkyl halides is 2. The maximum Gasteiger partial charge on any atom is 0.569 e. The van der Waals surface area contributed by atoms with Crippen LogP contribution in [0.25, 0.3) is 0 Å². The summed E-state index contributed by atoms with van der Waals surface area (Å²) in [5, 5.41) is 8.50. The second-order valence-corrected chi connectivity index (χ2v) is 7.78. The van der Waals surface area contributed by atoms with Crippen LogP contribution in [0.4, 0.5) is 20.2 Å². The monoisotopic (exact) mass is 451 g/mol. The highest BCUT2D eigenvalue weighted by Crippen LogP contribution is 2.26. The largest absolute Gasteiger partial charge is 0.569 e. The molecule has 0 amide bonds. The summed E-state index contributed by atoms with van der Waals surface area (Å²) in [6.45, 7) is 2.54. The maximum atomic E-state index is 13.0. The molecule has 2 aromatic rings. The SMILES string of the molecule is F[C@H]1CCN(c2cccc(Br)c2)C1.O[B]Oc1cccc(N2CC[C@H](F)C2)c1. The van der Waals surface area contributed by atoms with Crippen LogP contribution in [0.2, 0.25) is 0 Å². The second kappa shape index (κ2) is 10.1. The lowest BCUT2D eigenvalue weighted by molar-refractivity contribution is 0.364. The fourth-order valence-electron chi connectivity index (χ4n) is 3.39. The van der Waals surface area contributed by atoms with Gasteiger partial charge in [-0.05, 0) is 43.2 Å². The van der Waals surface area contributed by atoms with Gasteiger partial charge in [-0.15, -0.1) is 0 Å². The van der Waals surface area contributed by atoms with Gasteiger partial charge in [0.25, 0.3) is 0 Å². The fraction of sp³-hybridized carbons (Fsp3) is 0.400. The summed E-state index contributed by atoms with van der Waals surface area (Å²) in [5.41, 5.74) is 2.03. The van der Waals surface area contributed by atoms with E-state index in [2.05, 4.69) is 20.8 Å². The Hall–Kier alpha value is -1.80. The third-order valence-corrected chi connectivity index (χ3v) is 5.30. The van der Waals surface area contributed by atoms with E-state index in [1.807, 2.05) is 41.3 Å². The predicted octanol–water partition coefficient (Wildman–Crippen LogP) is 4.14. The molecule has 2 saturated heterocycles. The Labute approximate surface area is 173 Å². The van der Waals surface area contributed by atoms with E-state index in [9.17, 15) is 8.78 Å². The van der Waals surface area contributed by atoms with Crippen LogP contribution >= 0.6 is 15.9 Å². The van der Waals surface area contributed by atoms with Gasteiger partial charge >= 0.3 is 7.69 Å². The van der Waals surface area contributed by atoms with Crippen molar-refractivity contribution in [1.29, 1.82) is 0 Å². The lowest BCUT2D eigenvalue weighted by atomic mass is 10.2. The number of anilines is 2. The normalized spacial score (nSPS) is 21.3. The molecule has 149 valence electrons. The summed E-state index contributed by atoms with van der Waals surface area (Å²) >= 11 is 3.40. The van der Waals surface area contributed by atoms with Crippen LogP contribution in [-0.2, 0) is 0 Å². The van der Waals surface area contributed by atoms with Gasteiger partial charge in [-0.25, -0.2) is 8.78 Å². The zero-order valence-corrected chi connectivity index (χ0v) is 17.1. The van der Waals surface area contributed by atoms with E-state index in [0.29, 0.717) is 39.4 Å². The molecule has 8 heteroatoms. The highest BCUT2D eigenvalue weighted by molar-refractivity contribution is 9.10. The second-order valence-electron chi connectivity index (χ2n) is 6.86. The Balaban J connectivity index is 0.000000162. The van der Waals surface area contributed by atoms with Crippen molar-refractivity contribution < 1.29 is 18.5 Å². The molecular weight excluding hydrogens is 429 g/mol. The Morgan fingerprint density at radius 1 is 0.929 bits per heavy atom. The molecule has 2 aromatic carbocycles. The molecule has 0 aliphatic carbocycles. The van der Waals surface area contributed by atoms with Gasteiger partial charge in [-0.2, -0.15) is 0 Å². The molecule has 2 aliphatic rings. The van der Waals surface area contributed by atoms with Gasteiger partial charge in [-0.1, -0.05) is 28.1 Å². The highest BCUT2D eigenvalue weighted by Gasteiger charge is 2.22. The predicted molar refractivity (Wildman–Crippen MR) is 113 cm³/mol. The fourth-order valence-corrected chi connectivity index (χ4v) is 3.78. The van der Waals surface area contributed by atoms with Crippen LogP contribution in [0.5, 0.6) is 5.75 Å². The standard InChI is InChI=1S/C10H12BFNO2.C10H11BrFN/c12-8-4-5-13(7-8)9-2-1-3-10(6-9)15-11-14;11-8-2-1-3-10(6-8)13-5-4-9(12)7-13/h1-3,6,8,14H,4-5,7H2;1-3,6,9H,4-5,7H2/t8-;9-/m00/s1. The molecule has 4 nitrogen and oxygen atoms in total. The van der Waals surface area contributed by atoms with E-state index in [1.165, 1.54) is 0 Å². The average Bonchev–Trinajstić information content (AvgIpc) is 3.31. The molecule has 1 radical (unpaired) electrons. The average molecular weight is 452 g/mol. The summed E-state index contributed by atoms with van der Waals surface area (Å²) in [4.78, 5) is 4.05. The molecule has 2 atom stereocenters. The number of benzene rings is 2. The van der Waals surface area contributed by atoms with Crippen molar-refractivity contribution in [3.8, 4) is 5.75 Å². The Kier molecular flexibility index (Phi) is 7.56. The number of hydrogen-bond acceptors (Lipinski definition) is 4. The summed E-state index contributed by atoms with van der Waals surface area (Å²) < 4.78 is 31.8. The van der Waals surface area contributed by atoms with Gasteiger partial charge in [0.15, 0.2) is 0 Å². The van der Waals surface area contributed by atoms with Crippen molar-refractivity contribution in [3.63, 3.8) is 0 Å². The molecule has 0 unspecified atom stereocenters. The molecule has 0 spiro atoms. The van der Waals surface area contributed by atoms with Crippen LogP contribution in [0.15, 0.2) is 53.0 Å². The number of hydrogen-bond donors (Lipinski definition) is 1. The topological polar surface area (TPSA) is 35.9 Å². The van der Waals surface area contributed by atoms with Gasteiger partial charge in [0.05, 0.1) is 0 Å². The molecule has 2 heterocycles. The van der Waals surface area contributed by atoms with Crippen molar-refractivity contribution in [2.75, 3.05) is 36.0 Å². The maximum absolute atomic E-state index is 13.0. The zero-order valence-electron chi connectivity index (χ0n) is 15.5. The first-order valence-corrected chi connectivity index (χ1v) is 10.1. The zero-order chi connectivity index (χ0) is 19.9. The van der Waals surface area contributed by atoms with Crippen molar-refractivity contribution in [1.82, 2.24) is 0 Å². The van der Waals surface area contributed by atoms with E-state index in [1.54, 1.807) is 12.1 Å². The van der Waals surface area contributed by atoms with Gasteiger partial charge in [0.2, 0.25) is 0 Å². The first-order valence-electron chi connectivity index (χ1n) is 9.31. The molecule has 0 aromatic heterocycles. The van der Waals surface area contributed by atoms with Crippen LogP contribution in [0.3, 0.4) is 0 Å². The van der Waals surface area contributed by atoms with Crippen molar-refractivity contribution in [2.45, 2.75) is 25.2 Å². The molecule has 0 saturated carbocycles. The summed E-state index contributed by atoms with van der Waals surface area (Å²) in [6.07, 6.45) is -0.151. The van der Waals surface area contributed by atoms with Crippen LogP contribution in [0.1, 0.15) is 12.8 Å². The van der Waals surface area contributed by atoms with E-state index < -0.39 is 12.3 Å². The minimum Gasteiger partial charge on any atom is -0.537 e. The van der Waals surface area contributed by atoms with E-state index >= 15 is 0 Å². The quantitative estimate of drug-likeness (QED) is 0.708. The summed E-state index contributed by atoms with van der Waals surface area (Å²) in [7, 11) is 0.640. The molecule has 1 N–H and O–H groups in total. The van der Waals surface area contributed by atoms with Gasteiger partial charge < -0.3 is 19.5 Å². The lowest BCUT2D eigenvalue weighted by Gasteiger charge is -2.18. The number of halogens is 3. The van der Waals surface area contributed by atoms with Crippen LogP contribution in [-0.4, -0.2) is 51.2 Å². The number of rotatable bonds is 4. The molecule has 2 aliphatic heterocycles. The first-order chi connectivity index (χ1) is 13.5. The summed E-state index contributed by atoms with van der Waals surface area (Å²) in [6, 6.07) is 15.2. The van der Waals surface area contributed by atoms with E-state index in [4.69, 9.17) is 9.68 Å². The minimum atomic E-state index is -0.737. The van der Waals surface area contributed by atoms with Gasteiger partial charge in [-0.3, -0.25) is 0 Å². The minimum absolute atomic E-state index is 0.437. The van der Waals surface area contributed by atoms with Crippen molar-refractivity contribution in [3.05, 3.63) is 53.0 Å². The highest BCUT2D eigenvalue weighted by atomic mass is 79.9. The van der Waals surface area contributed by atoms with E-state index in [-0.39, 0.29) is 0 Å². The Morgan fingerprint density at radius 2 is 1.50 bits per heavy atom.